The quantitative estimate of drug-likeness (QED) is 0.525. The number of hydrogen-bond acceptors (Lipinski definition) is 8. The lowest BCUT2D eigenvalue weighted by Crippen LogP contribution is -2.31. The Balaban J connectivity index is 1.33. The summed E-state index contributed by atoms with van der Waals surface area (Å²) in [6.45, 7) is 1.75. The number of alkyl halides is 2. The maximum atomic E-state index is 13.5. The Kier molecular flexibility index (Phi) is 6.10. The first-order valence-corrected chi connectivity index (χ1v) is 11.1. The first kappa shape index (κ1) is 22.8. The van der Waals surface area contributed by atoms with Gasteiger partial charge in [0.05, 0.1) is 55.9 Å². The van der Waals surface area contributed by atoms with E-state index in [1.165, 1.54) is 19.4 Å². The van der Waals surface area contributed by atoms with E-state index in [0.717, 1.165) is 0 Å². The molecular formula is C23H24F2N6O4. The summed E-state index contributed by atoms with van der Waals surface area (Å²) in [5.74, 6) is 0.613. The van der Waals surface area contributed by atoms with Crippen LogP contribution in [-0.2, 0) is 7.05 Å². The number of methoxy groups -OCH3 is 1. The molecule has 0 aliphatic carbocycles. The molecular weight excluding hydrogens is 462 g/mol. The second-order valence-corrected chi connectivity index (χ2v) is 8.29. The monoisotopic (exact) mass is 486 g/mol. The number of likely N-dealkylation sites (tertiary alicyclic amines) is 1. The fourth-order valence-electron chi connectivity index (χ4n) is 4.23. The third-order valence-corrected chi connectivity index (χ3v) is 5.93. The van der Waals surface area contributed by atoms with Crippen LogP contribution in [0.5, 0.6) is 17.5 Å². The molecule has 2 aliphatic heterocycles. The van der Waals surface area contributed by atoms with Crippen molar-refractivity contribution in [1.29, 1.82) is 0 Å². The molecule has 12 heteroatoms. The van der Waals surface area contributed by atoms with Gasteiger partial charge >= 0.3 is 0 Å². The summed E-state index contributed by atoms with van der Waals surface area (Å²) in [6.07, 6.45) is 3.99. The van der Waals surface area contributed by atoms with Gasteiger partial charge in [-0.05, 0) is 6.07 Å². The van der Waals surface area contributed by atoms with Gasteiger partial charge in [-0.3, -0.25) is 4.79 Å². The normalized spacial score (nSPS) is 17.3. The standard InChI is InChI=1S/C23H24F2N6O4/c1-29-12-17(28-13-29)23(32)30-4-3-15(11-30)35-20-8-18-19(10-26-20)34-6-5-31(18)14-7-16(21(24)25)22(33-2)27-9-14/h7-10,12-13,15,21H,3-6,11H2,1-2H3. The zero-order valence-corrected chi connectivity index (χ0v) is 19.2. The number of amides is 1. The molecule has 0 bridgehead atoms. The molecule has 5 heterocycles. The van der Waals surface area contributed by atoms with Crippen molar-refractivity contribution < 1.29 is 27.8 Å². The van der Waals surface area contributed by atoms with Crippen molar-refractivity contribution in [3.05, 3.63) is 48.3 Å². The Bertz CT molecular complexity index is 1240. The van der Waals surface area contributed by atoms with Crippen molar-refractivity contribution in [3.8, 4) is 17.5 Å². The molecule has 1 fully saturated rings. The van der Waals surface area contributed by atoms with Crippen molar-refractivity contribution in [2.24, 2.45) is 7.05 Å². The van der Waals surface area contributed by atoms with Crippen LogP contribution in [-0.4, -0.2) is 69.8 Å². The fourth-order valence-corrected chi connectivity index (χ4v) is 4.23. The number of fused-ring (bicyclic) bond motifs is 1. The minimum absolute atomic E-state index is 0.109. The van der Waals surface area contributed by atoms with Gasteiger partial charge in [-0.2, -0.15) is 0 Å². The average Bonchev–Trinajstić information content (AvgIpc) is 3.52. The summed E-state index contributed by atoms with van der Waals surface area (Å²) in [5.41, 5.74) is 1.22. The van der Waals surface area contributed by atoms with Crippen LogP contribution in [0.4, 0.5) is 20.2 Å². The van der Waals surface area contributed by atoms with E-state index in [2.05, 4.69) is 15.0 Å². The number of aryl methyl sites for hydroxylation is 1. The number of hydrogen-bond donors (Lipinski definition) is 0. The minimum Gasteiger partial charge on any atom is -0.488 e. The van der Waals surface area contributed by atoms with Crippen LogP contribution in [0.2, 0.25) is 0 Å². The van der Waals surface area contributed by atoms with Crippen LogP contribution in [0.3, 0.4) is 0 Å². The van der Waals surface area contributed by atoms with Gasteiger partial charge < -0.3 is 28.6 Å². The zero-order chi connectivity index (χ0) is 24.5. The molecule has 2 aliphatic rings. The highest BCUT2D eigenvalue weighted by atomic mass is 19.3. The summed E-state index contributed by atoms with van der Waals surface area (Å²) < 4.78 is 45.5. The van der Waals surface area contributed by atoms with Crippen LogP contribution in [0.25, 0.3) is 0 Å². The summed E-state index contributed by atoms with van der Waals surface area (Å²) in [4.78, 5) is 28.7. The van der Waals surface area contributed by atoms with E-state index in [9.17, 15) is 13.6 Å². The van der Waals surface area contributed by atoms with E-state index in [1.54, 1.807) is 34.3 Å². The predicted molar refractivity (Wildman–Crippen MR) is 121 cm³/mol. The van der Waals surface area contributed by atoms with Gasteiger partial charge in [0, 0.05) is 32.3 Å². The SMILES string of the molecule is COc1ncc(N2CCOc3cnc(OC4CCN(C(=O)c5cn(C)cn5)C4)cc32)cc1C(F)F. The van der Waals surface area contributed by atoms with Crippen molar-refractivity contribution >= 4 is 17.3 Å². The molecule has 1 unspecified atom stereocenters. The van der Waals surface area contributed by atoms with E-state index >= 15 is 0 Å². The molecule has 0 spiro atoms. The molecule has 0 aromatic carbocycles. The number of anilines is 2. The molecule has 5 rings (SSSR count). The van der Waals surface area contributed by atoms with Gasteiger partial charge in [-0.1, -0.05) is 0 Å². The number of rotatable bonds is 6. The smallest absolute Gasteiger partial charge is 0.274 e. The third kappa shape index (κ3) is 4.55. The molecule has 1 saturated heterocycles. The minimum atomic E-state index is -2.73. The zero-order valence-electron chi connectivity index (χ0n) is 19.2. The molecule has 0 N–H and O–H groups in total. The lowest BCUT2D eigenvalue weighted by Gasteiger charge is -2.31. The van der Waals surface area contributed by atoms with Gasteiger partial charge in [0.2, 0.25) is 11.8 Å². The molecule has 0 radical (unpaired) electrons. The summed E-state index contributed by atoms with van der Waals surface area (Å²) >= 11 is 0. The van der Waals surface area contributed by atoms with Crippen molar-refractivity contribution in [2.75, 3.05) is 38.3 Å². The molecule has 0 saturated carbocycles. The maximum absolute atomic E-state index is 13.5. The maximum Gasteiger partial charge on any atom is 0.274 e. The summed E-state index contributed by atoms with van der Waals surface area (Å²) in [7, 11) is 3.12. The number of imidazole rings is 1. The molecule has 1 atom stereocenters. The number of carbonyl (C=O) groups excluding carboxylic acids is 1. The molecule has 3 aromatic heterocycles. The number of nitrogens with zero attached hydrogens (tertiary/aromatic N) is 6. The highest BCUT2D eigenvalue weighted by Gasteiger charge is 2.30. The lowest BCUT2D eigenvalue weighted by atomic mass is 10.2. The Morgan fingerprint density at radius 2 is 2.06 bits per heavy atom. The van der Waals surface area contributed by atoms with Gasteiger partial charge in [0.15, 0.2) is 5.75 Å². The Morgan fingerprint density at radius 1 is 1.20 bits per heavy atom. The number of pyridine rings is 2. The topological polar surface area (TPSA) is 94.8 Å². The number of carbonyl (C=O) groups is 1. The fraction of sp³-hybridized carbons (Fsp3) is 0.391. The molecule has 35 heavy (non-hydrogen) atoms. The van der Waals surface area contributed by atoms with E-state index in [4.69, 9.17) is 14.2 Å². The van der Waals surface area contributed by atoms with Crippen LogP contribution in [0, 0.1) is 0 Å². The Hall–Kier alpha value is -3.96. The van der Waals surface area contributed by atoms with Gasteiger partial charge in [-0.15, -0.1) is 0 Å². The first-order chi connectivity index (χ1) is 16.9. The number of ether oxygens (including phenoxy) is 3. The average molecular weight is 486 g/mol. The van der Waals surface area contributed by atoms with E-state index < -0.39 is 6.43 Å². The van der Waals surface area contributed by atoms with Crippen LogP contribution >= 0.6 is 0 Å². The van der Waals surface area contributed by atoms with Gasteiger partial charge in [-0.25, -0.2) is 23.7 Å². The van der Waals surface area contributed by atoms with E-state index in [1.807, 2.05) is 11.9 Å². The molecule has 184 valence electrons. The lowest BCUT2D eigenvalue weighted by molar-refractivity contribution is 0.0766. The summed E-state index contributed by atoms with van der Waals surface area (Å²) in [5, 5.41) is 0. The van der Waals surface area contributed by atoms with Crippen molar-refractivity contribution in [1.82, 2.24) is 24.4 Å². The Labute approximate surface area is 200 Å². The second-order valence-electron chi connectivity index (χ2n) is 8.29. The third-order valence-electron chi connectivity index (χ3n) is 5.93. The highest BCUT2D eigenvalue weighted by molar-refractivity contribution is 5.92. The van der Waals surface area contributed by atoms with Crippen molar-refractivity contribution in [2.45, 2.75) is 19.0 Å². The number of aromatic nitrogens is 4. The van der Waals surface area contributed by atoms with E-state index in [-0.39, 0.29) is 23.5 Å². The van der Waals surface area contributed by atoms with Crippen LogP contribution in [0.15, 0.2) is 37.1 Å². The second kappa shape index (κ2) is 9.35. The highest BCUT2D eigenvalue weighted by Crippen LogP contribution is 2.40. The molecule has 3 aromatic rings. The molecule has 1 amide bonds. The largest absolute Gasteiger partial charge is 0.488 e. The first-order valence-electron chi connectivity index (χ1n) is 11.1. The predicted octanol–water partition coefficient (Wildman–Crippen LogP) is 2.98. The molecule has 10 nitrogen and oxygen atoms in total. The van der Waals surface area contributed by atoms with Crippen LogP contribution in [0.1, 0.15) is 28.9 Å². The van der Waals surface area contributed by atoms with Crippen LogP contribution < -0.4 is 19.1 Å². The van der Waals surface area contributed by atoms with Gasteiger partial charge in [0.25, 0.3) is 12.3 Å². The van der Waals surface area contributed by atoms with E-state index in [0.29, 0.717) is 61.4 Å². The summed E-state index contributed by atoms with van der Waals surface area (Å²) in [6, 6.07) is 3.08. The van der Waals surface area contributed by atoms with Crippen molar-refractivity contribution in [3.63, 3.8) is 0 Å². The number of halogens is 2. The Morgan fingerprint density at radius 3 is 2.80 bits per heavy atom. The van der Waals surface area contributed by atoms with Gasteiger partial charge in [0.1, 0.15) is 18.4 Å².